The third kappa shape index (κ3) is 2.21. The number of rotatable bonds is 1. The van der Waals surface area contributed by atoms with Crippen LogP contribution in [0.15, 0.2) is 24.3 Å². The van der Waals surface area contributed by atoms with Crippen LogP contribution in [-0.2, 0) is 0 Å². The zero-order chi connectivity index (χ0) is 13.4. The molecule has 0 radical (unpaired) electrons. The molecule has 2 aromatic rings. The second-order valence-electron chi connectivity index (χ2n) is 4.53. The number of aromatic hydroxyl groups is 1. The molecule has 0 saturated carbocycles. The first-order valence-corrected chi connectivity index (χ1v) is 6.04. The molecule has 0 aromatic heterocycles. The number of phenolic OH excluding ortho intramolecular Hbond substituents is 1. The summed E-state index contributed by atoms with van der Waals surface area (Å²) in [5.74, 6) is -0.706. The van der Waals surface area contributed by atoms with E-state index in [1.54, 1.807) is 0 Å². The molecule has 2 aromatic carbocycles. The van der Waals surface area contributed by atoms with Gasteiger partial charge in [-0.1, -0.05) is 23.7 Å². The summed E-state index contributed by atoms with van der Waals surface area (Å²) in [5, 5.41) is 9.87. The number of aryl methyl sites for hydroxylation is 3. The van der Waals surface area contributed by atoms with E-state index in [0.717, 1.165) is 22.8 Å². The van der Waals surface area contributed by atoms with Crippen LogP contribution in [0.2, 0.25) is 5.02 Å². The Bertz CT molecular complexity index is 565. The van der Waals surface area contributed by atoms with Crippen molar-refractivity contribution in [1.29, 1.82) is 0 Å². The van der Waals surface area contributed by atoms with Gasteiger partial charge in [-0.25, -0.2) is 4.39 Å². The van der Waals surface area contributed by atoms with Crippen molar-refractivity contribution in [3.63, 3.8) is 0 Å². The summed E-state index contributed by atoms with van der Waals surface area (Å²) in [7, 11) is 0. The first-order valence-electron chi connectivity index (χ1n) is 5.66. The third-order valence-electron chi connectivity index (χ3n) is 3.17. The molecule has 3 heteroatoms. The fourth-order valence-corrected chi connectivity index (χ4v) is 2.17. The van der Waals surface area contributed by atoms with Gasteiger partial charge in [0.05, 0.1) is 5.02 Å². The minimum Gasteiger partial charge on any atom is -0.507 e. The van der Waals surface area contributed by atoms with E-state index in [1.807, 2.05) is 32.9 Å². The molecule has 0 atom stereocenters. The van der Waals surface area contributed by atoms with Gasteiger partial charge < -0.3 is 5.11 Å². The van der Waals surface area contributed by atoms with Gasteiger partial charge >= 0.3 is 0 Å². The van der Waals surface area contributed by atoms with E-state index in [2.05, 4.69) is 0 Å². The van der Waals surface area contributed by atoms with Crippen LogP contribution in [0.1, 0.15) is 16.7 Å². The summed E-state index contributed by atoms with van der Waals surface area (Å²) in [6.45, 7) is 5.99. The van der Waals surface area contributed by atoms with Crippen LogP contribution in [0.25, 0.3) is 11.1 Å². The predicted octanol–water partition coefficient (Wildman–Crippen LogP) is 4.78. The van der Waals surface area contributed by atoms with Crippen LogP contribution in [-0.4, -0.2) is 5.11 Å². The lowest BCUT2D eigenvalue weighted by Crippen LogP contribution is -1.90. The highest BCUT2D eigenvalue weighted by Gasteiger charge is 2.12. The van der Waals surface area contributed by atoms with Gasteiger partial charge in [-0.2, -0.15) is 0 Å². The van der Waals surface area contributed by atoms with Gasteiger partial charge in [-0.3, -0.25) is 0 Å². The lowest BCUT2D eigenvalue weighted by molar-refractivity contribution is 0.471. The molecular formula is C15H14ClFO. The molecule has 94 valence electrons. The Morgan fingerprint density at radius 1 is 0.889 bits per heavy atom. The molecule has 0 amide bonds. The Hall–Kier alpha value is -1.54. The summed E-state index contributed by atoms with van der Waals surface area (Å²) in [4.78, 5) is 0. The van der Waals surface area contributed by atoms with Gasteiger partial charge in [0.25, 0.3) is 0 Å². The van der Waals surface area contributed by atoms with E-state index in [1.165, 1.54) is 11.6 Å². The van der Waals surface area contributed by atoms with E-state index < -0.39 is 5.82 Å². The number of phenols is 1. The highest BCUT2D eigenvalue weighted by atomic mass is 35.5. The van der Waals surface area contributed by atoms with Crippen molar-refractivity contribution in [2.24, 2.45) is 0 Å². The predicted molar refractivity (Wildman–Crippen MR) is 72.7 cm³/mol. The molecule has 2 rings (SSSR count). The van der Waals surface area contributed by atoms with Crippen LogP contribution >= 0.6 is 11.6 Å². The maximum Gasteiger partial charge on any atom is 0.145 e. The largest absolute Gasteiger partial charge is 0.507 e. The lowest BCUT2D eigenvalue weighted by Gasteiger charge is -2.12. The molecule has 1 N–H and O–H groups in total. The zero-order valence-electron chi connectivity index (χ0n) is 10.5. The summed E-state index contributed by atoms with van der Waals surface area (Å²) >= 11 is 5.77. The fourth-order valence-electron chi connectivity index (χ4n) is 2.00. The number of halogens is 2. The second-order valence-corrected chi connectivity index (χ2v) is 4.94. The van der Waals surface area contributed by atoms with Crippen molar-refractivity contribution >= 4 is 11.6 Å². The SMILES string of the molecule is Cc1cc(C)c(-c2cc(Cl)c(F)cc2O)cc1C. The second kappa shape index (κ2) is 4.62. The van der Waals surface area contributed by atoms with Gasteiger partial charge in [-0.05, 0) is 49.1 Å². The topological polar surface area (TPSA) is 20.2 Å². The van der Waals surface area contributed by atoms with Crippen molar-refractivity contribution in [3.8, 4) is 16.9 Å². The summed E-state index contributed by atoms with van der Waals surface area (Å²) in [6.07, 6.45) is 0. The fraction of sp³-hybridized carbons (Fsp3) is 0.200. The Morgan fingerprint density at radius 2 is 1.50 bits per heavy atom. The van der Waals surface area contributed by atoms with Crippen molar-refractivity contribution in [2.75, 3.05) is 0 Å². The van der Waals surface area contributed by atoms with Crippen LogP contribution in [0.3, 0.4) is 0 Å². The van der Waals surface area contributed by atoms with Crippen LogP contribution < -0.4 is 0 Å². The maximum atomic E-state index is 13.2. The maximum absolute atomic E-state index is 13.2. The number of hydrogen-bond acceptors (Lipinski definition) is 1. The van der Waals surface area contributed by atoms with Crippen molar-refractivity contribution in [3.05, 3.63) is 51.8 Å². The highest BCUT2D eigenvalue weighted by Crippen LogP contribution is 2.36. The highest BCUT2D eigenvalue weighted by molar-refractivity contribution is 6.31. The Balaban J connectivity index is 2.69. The van der Waals surface area contributed by atoms with Gasteiger partial charge in [-0.15, -0.1) is 0 Å². The Morgan fingerprint density at radius 3 is 2.17 bits per heavy atom. The Kier molecular flexibility index (Phi) is 3.31. The standard InChI is InChI=1S/C15H14ClFO/c1-8-4-10(3)11(5-9(8)2)12-6-13(16)14(17)7-15(12)18/h4-7,18H,1-3H3. The van der Waals surface area contributed by atoms with Crippen molar-refractivity contribution in [2.45, 2.75) is 20.8 Å². The minimum absolute atomic E-state index is 0.0143. The lowest BCUT2D eigenvalue weighted by atomic mass is 9.95. The first-order chi connectivity index (χ1) is 8.40. The smallest absolute Gasteiger partial charge is 0.145 e. The summed E-state index contributed by atoms with van der Waals surface area (Å²) in [5.41, 5.74) is 4.76. The molecule has 0 unspecified atom stereocenters. The summed E-state index contributed by atoms with van der Waals surface area (Å²) in [6, 6.07) is 6.53. The van der Waals surface area contributed by atoms with E-state index in [9.17, 15) is 9.50 Å². The van der Waals surface area contributed by atoms with Crippen molar-refractivity contribution in [1.82, 2.24) is 0 Å². The van der Waals surface area contributed by atoms with E-state index in [0.29, 0.717) is 5.56 Å². The van der Waals surface area contributed by atoms with Crippen LogP contribution in [0.4, 0.5) is 4.39 Å². The third-order valence-corrected chi connectivity index (χ3v) is 3.46. The molecule has 0 saturated heterocycles. The van der Waals surface area contributed by atoms with Gasteiger partial charge in [0.2, 0.25) is 0 Å². The minimum atomic E-state index is -0.612. The molecule has 0 bridgehead atoms. The van der Waals surface area contributed by atoms with Gasteiger partial charge in [0.15, 0.2) is 0 Å². The molecule has 0 aliphatic rings. The first kappa shape index (κ1) is 12.9. The van der Waals surface area contributed by atoms with E-state index in [-0.39, 0.29) is 10.8 Å². The molecule has 0 spiro atoms. The monoisotopic (exact) mass is 264 g/mol. The molecular weight excluding hydrogens is 251 g/mol. The summed E-state index contributed by atoms with van der Waals surface area (Å²) < 4.78 is 13.2. The molecule has 0 fully saturated rings. The average molecular weight is 265 g/mol. The normalized spacial score (nSPS) is 10.7. The van der Waals surface area contributed by atoms with Crippen LogP contribution in [0.5, 0.6) is 5.75 Å². The van der Waals surface area contributed by atoms with Gasteiger partial charge in [0, 0.05) is 11.6 Å². The molecule has 18 heavy (non-hydrogen) atoms. The molecule has 0 aliphatic heterocycles. The van der Waals surface area contributed by atoms with E-state index >= 15 is 0 Å². The molecule has 1 nitrogen and oxygen atoms in total. The Labute approximate surface area is 111 Å². The van der Waals surface area contributed by atoms with E-state index in [4.69, 9.17) is 11.6 Å². The average Bonchev–Trinajstić information content (AvgIpc) is 2.29. The molecule has 0 heterocycles. The van der Waals surface area contributed by atoms with Crippen molar-refractivity contribution < 1.29 is 9.50 Å². The van der Waals surface area contributed by atoms with Crippen LogP contribution in [0, 0.1) is 26.6 Å². The quantitative estimate of drug-likeness (QED) is 0.786. The zero-order valence-corrected chi connectivity index (χ0v) is 11.3. The number of hydrogen-bond donors (Lipinski definition) is 1. The number of benzene rings is 2. The van der Waals surface area contributed by atoms with Gasteiger partial charge in [0.1, 0.15) is 11.6 Å². The molecule has 0 aliphatic carbocycles.